The van der Waals surface area contributed by atoms with Crippen molar-refractivity contribution in [3.05, 3.63) is 28.3 Å². The number of aliphatic hydroxyl groups is 1. The van der Waals surface area contributed by atoms with Crippen molar-refractivity contribution < 1.29 is 14.6 Å². The van der Waals surface area contributed by atoms with Gasteiger partial charge in [0.15, 0.2) is 0 Å². The van der Waals surface area contributed by atoms with E-state index in [1.54, 1.807) is 7.11 Å². The number of methoxy groups -OCH3 is 1. The molecule has 1 fully saturated rings. The van der Waals surface area contributed by atoms with Crippen LogP contribution in [0.4, 0.5) is 0 Å². The van der Waals surface area contributed by atoms with Crippen molar-refractivity contribution in [1.29, 1.82) is 0 Å². The molecule has 1 saturated heterocycles. The summed E-state index contributed by atoms with van der Waals surface area (Å²) in [6.07, 6.45) is 0. The second kappa shape index (κ2) is 4.31. The molecule has 94 valence electrons. The number of hydrogen-bond donors (Lipinski definition) is 1. The predicted octanol–water partition coefficient (Wildman–Crippen LogP) is 1.88. The average Bonchev–Trinajstić information content (AvgIpc) is 2.24. The van der Waals surface area contributed by atoms with Gasteiger partial charge in [-0.05, 0) is 37.5 Å². The molecule has 0 saturated carbocycles. The lowest BCUT2D eigenvalue weighted by Gasteiger charge is -2.42. The third kappa shape index (κ3) is 1.74. The molecule has 0 spiro atoms. The van der Waals surface area contributed by atoms with E-state index in [0.29, 0.717) is 13.2 Å². The van der Waals surface area contributed by atoms with Crippen molar-refractivity contribution in [2.45, 2.75) is 26.2 Å². The highest BCUT2D eigenvalue weighted by Crippen LogP contribution is 2.42. The molecule has 3 nitrogen and oxygen atoms in total. The van der Waals surface area contributed by atoms with Gasteiger partial charge in [0.2, 0.25) is 0 Å². The minimum Gasteiger partial charge on any atom is -0.496 e. The molecule has 2 rings (SSSR count). The highest BCUT2D eigenvalue weighted by atomic mass is 16.5. The molecule has 0 radical (unpaired) electrons. The molecule has 0 unspecified atom stereocenters. The molecule has 0 amide bonds. The molecular formula is C14H20O3. The number of rotatable bonds is 3. The number of ether oxygens (including phenoxy) is 2. The Morgan fingerprint density at radius 2 is 1.94 bits per heavy atom. The number of aliphatic hydroxyl groups excluding tert-OH is 1. The lowest BCUT2D eigenvalue weighted by molar-refractivity contribution is -0.0853. The lowest BCUT2D eigenvalue weighted by atomic mass is 9.75. The molecule has 0 bridgehead atoms. The van der Waals surface area contributed by atoms with E-state index in [9.17, 15) is 5.11 Å². The van der Waals surface area contributed by atoms with Crippen LogP contribution in [-0.2, 0) is 10.2 Å². The zero-order chi connectivity index (χ0) is 12.6. The van der Waals surface area contributed by atoms with Crippen molar-refractivity contribution in [2.24, 2.45) is 0 Å². The van der Waals surface area contributed by atoms with Gasteiger partial charge in [-0.2, -0.15) is 0 Å². The Morgan fingerprint density at radius 3 is 2.35 bits per heavy atom. The maximum atomic E-state index is 9.66. The Balaban J connectivity index is 2.63. The molecule has 1 aliphatic heterocycles. The highest BCUT2D eigenvalue weighted by Gasteiger charge is 2.43. The standard InChI is InChI=1S/C14H20O3/c1-9-5-10(2)12(13(16-4)11(9)3)14(6-15)7-17-8-14/h5,15H,6-8H2,1-4H3. The first-order chi connectivity index (χ1) is 8.05. The van der Waals surface area contributed by atoms with Crippen LogP contribution < -0.4 is 4.74 Å². The lowest BCUT2D eigenvalue weighted by Crippen LogP contribution is -2.50. The van der Waals surface area contributed by atoms with Crippen LogP contribution in [0.25, 0.3) is 0 Å². The monoisotopic (exact) mass is 236 g/mol. The largest absolute Gasteiger partial charge is 0.496 e. The van der Waals surface area contributed by atoms with Gasteiger partial charge in [0.1, 0.15) is 5.75 Å². The minimum atomic E-state index is -0.270. The summed E-state index contributed by atoms with van der Waals surface area (Å²) < 4.78 is 10.8. The van der Waals surface area contributed by atoms with Crippen molar-refractivity contribution in [2.75, 3.05) is 26.9 Å². The average molecular weight is 236 g/mol. The highest BCUT2D eigenvalue weighted by molar-refractivity contribution is 5.54. The summed E-state index contributed by atoms with van der Waals surface area (Å²) >= 11 is 0. The van der Waals surface area contributed by atoms with Gasteiger partial charge in [0.25, 0.3) is 0 Å². The molecule has 1 aromatic carbocycles. The van der Waals surface area contributed by atoms with E-state index < -0.39 is 0 Å². The van der Waals surface area contributed by atoms with Crippen LogP contribution in [0.1, 0.15) is 22.3 Å². The van der Waals surface area contributed by atoms with Crippen LogP contribution in [0.5, 0.6) is 5.75 Å². The third-order valence-electron chi connectivity index (χ3n) is 3.78. The first-order valence-corrected chi connectivity index (χ1v) is 5.89. The Bertz CT molecular complexity index is 428. The van der Waals surface area contributed by atoms with Crippen molar-refractivity contribution >= 4 is 0 Å². The predicted molar refractivity (Wildman–Crippen MR) is 66.8 cm³/mol. The topological polar surface area (TPSA) is 38.7 Å². The fourth-order valence-electron chi connectivity index (χ4n) is 2.63. The maximum absolute atomic E-state index is 9.66. The third-order valence-corrected chi connectivity index (χ3v) is 3.78. The van der Waals surface area contributed by atoms with Gasteiger partial charge < -0.3 is 14.6 Å². The van der Waals surface area contributed by atoms with E-state index in [1.165, 1.54) is 11.1 Å². The van der Waals surface area contributed by atoms with Crippen LogP contribution in [0.2, 0.25) is 0 Å². The molecule has 3 heteroatoms. The van der Waals surface area contributed by atoms with E-state index >= 15 is 0 Å². The van der Waals surface area contributed by atoms with Gasteiger partial charge in [-0.25, -0.2) is 0 Å². The molecular weight excluding hydrogens is 216 g/mol. The number of aryl methyl sites for hydroxylation is 2. The Hall–Kier alpha value is -1.06. The van der Waals surface area contributed by atoms with Crippen molar-refractivity contribution in [3.63, 3.8) is 0 Å². The van der Waals surface area contributed by atoms with Crippen LogP contribution in [-0.4, -0.2) is 32.0 Å². The summed E-state index contributed by atoms with van der Waals surface area (Å²) in [5, 5.41) is 9.66. The van der Waals surface area contributed by atoms with Gasteiger partial charge >= 0.3 is 0 Å². The van der Waals surface area contributed by atoms with E-state index in [1.807, 2.05) is 0 Å². The second-order valence-electron chi connectivity index (χ2n) is 4.97. The van der Waals surface area contributed by atoms with Crippen molar-refractivity contribution in [1.82, 2.24) is 0 Å². The summed E-state index contributed by atoms with van der Waals surface area (Å²) in [6.45, 7) is 7.46. The van der Waals surface area contributed by atoms with Gasteiger partial charge in [-0.3, -0.25) is 0 Å². The summed E-state index contributed by atoms with van der Waals surface area (Å²) in [6, 6.07) is 2.16. The molecule has 0 atom stereocenters. The SMILES string of the molecule is COc1c(C)c(C)cc(C)c1C1(CO)COC1. The Morgan fingerprint density at radius 1 is 1.29 bits per heavy atom. The molecule has 0 aromatic heterocycles. The summed E-state index contributed by atoms with van der Waals surface area (Å²) in [5.41, 5.74) is 4.37. The molecule has 0 aliphatic carbocycles. The number of hydrogen-bond acceptors (Lipinski definition) is 3. The first-order valence-electron chi connectivity index (χ1n) is 5.89. The quantitative estimate of drug-likeness (QED) is 0.871. The summed E-state index contributed by atoms with van der Waals surface area (Å²) in [7, 11) is 1.69. The van der Waals surface area contributed by atoms with Gasteiger partial charge in [0.05, 0.1) is 32.3 Å². The van der Waals surface area contributed by atoms with E-state index in [4.69, 9.17) is 9.47 Å². The van der Waals surface area contributed by atoms with Crippen LogP contribution in [0.3, 0.4) is 0 Å². The molecule has 1 heterocycles. The fraction of sp³-hybridized carbons (Fsp3) is 0.571. The van der Waals surface area contributed by atoms with Gasteiger partial charge in [-0.1, -0.05) is 6.07 Å². The van der Waals surface area contributed by atoms with E-state index in [-0.39, 0.29) is 12.0 Å². The van der Waals surface area contributed by atoms with E-state index in [2.05, 4.69) is 26.8 Å². The summed E-state index contributed by atoms with van der Waals surface area (Å²) in [4.78, 5) is 0. The van der Waals surface area contributed by atoms with Crippen LogP contribution in [0.15, 0.2) is 6.07 Å². The minimum absolute atomic E-state index is 0.104. The zero-order valence-corrected chi connectivity index (χ0v) is 11.0. The maximum Gasteiger partial charge on any atom is 0.126 e. The van der Waals surface area contributed by atoms with Gasteiger partial charge in [-0.15, -0.1) is 0 Å². The molecule has 1 aromatic rings. The first kappa shape index (κ1) is 12.4. The summed E-state index contributed by atoms with van der Waals surface area (Å²) in [5.74, 6) is 0.903. The van der Waals surface area contributed by atoms with Gasteiger partial charge in [0, 0.05) is 5.56 Å². The molecule has 1 aliphatic rings. The van der Waals surface area contributed by atoms with Crippen LogP contribution in [0, 0.1) is 20.8 Å². The fourth-order valence-corrected chi connectivity index (χ4v) is 2.63. The Kier molecular flexibility index (Phi) is 3.15. The zero-order valence-electron chi connectivity index (χ0n) is 11.0. The second-order valence-corrected chi connectivity index (χ2v) is 4.97. The molecule has 17 heavy (non-hydrogen) atoms. The Labute approximate surface area is 102 Å². The number of benzene rings is 1. The normalized spacial score (nSPS) is 17.7. The molecule has 1 N–H and O–H groups in total. The van der Waals surface area contributed by atoms with E-state index in [0.717, 1.165) is 16.9 Å². The van der Waals surface area contributed by atoms with Crippen LogP contribution >= 0.6 is 0 Å². The smallest absolute Gasteiger partial charge is 0.126 e. The van der Waals surface area contributed by atoms with Crippen molar-refractivity contribution in [3.8, 4) is 5.75 Å².